The number of ether oxygens (including phenoxy) is 2. The van der Waals surface area contributed by atoms with Gasteiger partial charge >= 0.3 is 5.69 Å². The molecule has 0 bridgehead atoms. The fraction of sp³-hybridized carbons (Fsp3) is 0.316. The molecule has 2 aromatic carbocycles. The molecule has 0 unspecified atom stereocenters. The van der Waals surface area contributed by atoms with E-state index < -0.39 is 4.92 Å². The van der Waals surface area contributed by atoms with Crippen molar-refractivity contribution in [3.05, 3.63) is 63.7 Å². The maximum atomic E-state index is 13.0. The number of benzene rings is 2. The van der Waals surface area contributed by atoms with Crippen molar-refractivity contribution in [3.63, 3.8) is 0 Å². The van der Waals surface area contributed by atoms with Crippen molar-refractivity contribution in [2.75, 3.05) is 27.3 Å². The van der Waals surface area contributed by atoms with E-state index in [1.165, 1.54) is 26.4 Å². The van der Waals surface area contributed by atoms with Gasteiger partial charge in [0.05, 0.1) is 24.7 Å². The lowest BCUT2D eigenvalue weighted by Crippen LogP contribution is -2.32. The van der Waals surface area contributed by atoms with E-state index >= 15 is 0 Å². The van der Waals surface area contributed by atoms with Crippen molar-refractivity contribution >= 4 is 11.6 Å². The summed E-state index contributed by atoms with van der Waals surface area (Å²) in [5, 5.41) is 11.4. The zero-order valence-electron chi connectivity index (χ0n) is 15.1. The molecule has 1 aliphatic rings. The lowest BCUT2D eigenvalue weighted by molar-refractivity contribution is -0.385. The molecule has 0 aliphatic carbocycles. The van der Waals surface area contributed by atoms with E-state index in [1.807, 2.05) is 30.3 Å². The number of amides is 1. The molecule has 8 nitrogen and oxygen atoms in total. The summed E-state index contributed by atoms with van der Waals surface area (Å²) in [5.74, 6) is -0.185. The number of nitrogens with zero attached hydrogens (tertiary/aromatic N) is 2. The number of likely N-dealkylation sites (tertiary alicyclic amines) is 1. The summed E-state index contributed by atoms with van der Waals surface area (Å²) in [6, 6.07) is 12.2. The lowest BCUT2D eigenvalue weighted by atomic mass is 9.95. The third kappa shape index (κ3) is 3.56. The van der Waals surface area contributed by atoms with Crippen LogP contribution >= 0.6 is 0 Å². The predicted octanol–water partition coefficient (Wildman–Crippen LogP) is 2.18. The van der Waals surface area contributed by atoms with Crippen LogP contribution in [0.3, 0.4) is 0 Å². The molecule has 0 radical (unpaired) electrons. The molecule has 2 aromatic rings. The SMILES string of the molecule is COc1cc(C(=O)N2C[C@@H](N)[C@H](c3ccccc3)C2)cc([N+](=O)[O-])c1OC. The molecule has 0 spiro atoms. The van der Waals surface area contributed by atoms with E-state index in [0.29, 0.717) is 13.1 Å². The summed E-state index contributed by atoms with van der Waals surface area (Å²) in [6.07, 6.45) is 0. The van der Waals surface area contributed by atoms with Gasteiger partial charge in [0.1, 0.15) is 0 Å². The molecule has 142 valence electrons. The highest BCUT2D eigenvalue weighted by Gasteiger charge is 2.35. The molecule has 3 rings (SSSR count). The van der Waals surface area contributed by atoms with Crippen LogP contribution < -0.4 is 15.2 Å². The smallest absolute Gasteiger partial charge is 0.315 e. The quantitative estimate of drug-likeness (QED) is 0.637. The Bertz CT molecular complexity index is 856. The average Bonchev–Trinajstić information content (AvgIpc) is 3.08. The van der Waals surface area contributed by atoms with Crippen LogP contribution in [-0.4, -0.2) is 49.1 Å². The molecule has 1 amide bonds. The van der Waals surface area contributed by atoms with Gasteiger partial charge in [0.15, 0.2) is 5.75 Å². The molecule has 2 atom stereocenters. The van der Waals surface area contributed by atoms with Crippen LogP contribution in [0.5, 0.6) is 11.5 Å². The van der Waals surface area contributed by atoms with Gasteiger partial charge < -0.3 is 20.1 Å². The number of nitro benzene ring substituents is 1. The number of hydrogen-bond acceptors (Lipinski definition) is 6. The van der Waals surface area contributed by atoms with Crippen LogP contribution in [-0.2, 0) is 0 Å². The second-order valence-corrected chi connectivity index (χ2v) is 6.38. The average molecular weight is 371 g/mol. The number of carbonyl (C=O) groups is 1. The van der Waals surface area contributed by atoms with Crippen LogP contribution in [0.25, 0.3) is 0 Å². The highest BCUT2D eigenvalue weighted by Crippen LogP contribution is 2.38. The Morgan fingerprint density at radius 1 is 1.19 bits per heavy atom. The number of carbonyl (C=O) groups excluding carboxylic acids is 1. The van der Waals surface area contributed by atoms with E-state index in [0.717, 1.165) is 5.56 Å². The Morgan fingerprint density at radius 3 is 2.48 bits per heavy atom. The molecular weight excluding hydrogens is 350 g/mol. The lowest BCUT2D eigenvalue weighted by Gasteiger charge is -2.17. The predicted molar refractivity (Wildman–Crippen MR) is 99.3 cm³/mol. The zero-order valence-corrected chi connectivity index (χ0v) is 15.1. The van der Waals surface area contributed by atoms with Crippen LogP contribution in [0.2, 0.25) is 0 Å². The molecule has 0 aromatic heterocycles. The second kappa shape index (κ2) is 7.63. The Hall–Kier alpha value is -3.13. The van der Waals surface area contributed by atoms with Gasteiger partial charge in [-0.15, -0.1) is 0 Å². The molecule has 2 N–H and O–H groups in total. The van der Waals surface area contributed by atoms with Crippen molar-refractivity contribution in [3.8, 4) is 11.5 Å². The Kier molecular flexibility index (Phi) is 5.27. The largest absolute Gasteiger partial charge is 0.493 e. The van der Waals surface area contributed by atoms with E-state index in [1.54, 1.807) is 4.90 Å². The van der Waals surface area contributed by atoms with Gasteiger partial charge in [0, 0.05) is 31.1 Å². The first-order valence-corrected chi connectivity index (χ1v) is 8.46. The fourth-order valence-electron chi connectivity index (χ4n) is 3.43. The first-order chi connectivity index (χ1) is 13.0. The highest BCUT2D eigenvalue weighted by molar-refractivity contribution is 5.96. The summed E-state index contributed by atoms with van der Waals surface area (Å²) in [7, 11) is 2.68. The second-order valence-electron chi connectivity index (χ2n) is 6.38. The van der Waals surface area contributed by atoms with Crippen molar-refractivity contribution in [2.45, 2.75) is 12.0 Å². The number of nitro groups is 1. The number of hydrogen-bond donors (Lipinski definition) is 1. The van der Waals surface area contributed by atoms with Crippen LogP contribution in [0, 0.1) is 10.1 Å². The Morgan fingerprint density at radius 2 is 1.89 bits per heavy atom. The fourth-order valence-corrected chi connectivity index (χ4v) is 3.43. The van der Waals surface area contributed by atoms with Gasteiger partial charge in [-0.3, -0.25) is 14.9 Å². The molecule has 0 saturated carbocycles. The van der Waals surface area contributed by atoms with Crippen molar-refractivity contribution in [2.24, 2.45) is 5.73 Å². The summed E-state index contributed by atoms with van der Waals surface area (Å²) in [4.78, 5) is 25.3. The standard InChI is InChI=1S/C19H21N3O5/c1-26-17-9-13(8-16(22(24)25)18(17)27-2)19(23)21-10-14(15(20)11-21)12-6-4-3-5-7-12/h3-9,14-15H,10-11,20H2,1-2H3/t14-,15+/m0/s1. The minimum Gasteiger partial charge on any atom is -0.493 e. The number of nitrogens with two attached hydrogens (primary N) is 1. The monoisotopic (exact) mass is 371 g/mol. The minimum atomic E-state index is -0.597. The first kappa shape index (κ1) is 18.7. The first-order valence-electron chi connectivity index (χ1n) is 8.46. The van der Waals surface area contributed by atoms with Crippen molar-refractivity contribution in [1.82, 2.24) is 4.90 Å². The van der Waals surface area contributed by atoms with Crippen molar-refractivity contribution < 1.29 is 19.2 Å². The van der Waals surface area contributed by atoms with Crippen molar-refractivity contribution in [1.29, 1.82) is 0 Å². The van der Waals surface area contributed by atoms with Gasteiger partial charge in [0.2, 0.25) is 5.75 Å². The van der Waals surface area contributed by atoms with Gasteiger partial charge in [-0.2, -0.15) is 0 Å². The summed E-state index contributed by atoms with van der Waals surface area (Å²) in [6.45, 7) is 0.826. The molecule has 1 heterocycles. The Labute approximate surface area is 156 Å². The number of methoxy groups -OCH3 is 2. The molecule has 27 heavy (non-hydrogen) atoms. The number of rotatable bonds is 5. The normalized spacial score (nSPS) is 19.0. The van der Waals surface area contributed by atoms with E-state index in [-0.39, 0.29) is 40.6 Å². The van der Waals surface area contributed by atoms with E-state index in [9.17, 15) is 14.9 Å². The molecule has 1 fully saturated rings. The molecule has 1 aliphatic heterocycles. The minimum absolute atomic E-state index is 0.0145. The van der Waals surface area contributed by atoms with Crippen LogP contribution in [0.1, 0.15) is 21.8 Å². The third-order valence-electron chi connectivity index (χ3n) is 4.78. The maximum absolute atomic E-state index is 13.0. The zero-order chi connectivity index (χ0) is 19.6. The topological polar surface area (TPSA) is 108 Å². The van der Waals surface area contributed by atoms with Gasteiger partial charge in [-0.05, 0) is 11.6 Å². The molecular formula is C19H21N3O5. The highest BCUT2D eigenvalue weighted by atomic mass is 16.6. The Balaban J connectivity index is 1.90. The van der Waals surface area contributed by atoms with E-state index in [4.69, 9.17) is 15.2 Å². The van der Waals surface area contributed by atoms with E-state index in [2.05, 4.69) is 0 Å². The summed E-state index contributed by atoms with van der Waals surface area (Å²) in [5.41, 5.74) is 7.17. The van der Waals surface area contributed by atoms with Gasteiger partial charge in [0.25, 0.3) is 5.91 Å². The molecule has 8 heteroatoms. The third-order valence-corrected chi connectivity index (χ3v) is 4.78. The van der Waals surface area contributed by atoms with Crippen LogP contribution in [0.15, 0.2) is 42.5 Å². The summed E-state index contributed by atoms with van der Waals surface area (Å²) >= 11 is 0. The van der Waals surface area contributed by atoms with Crippen LogP contribution in [0.4, 0.5) is 5.69 Å². The van der Waals surface area contributed by atoms with Gasteiger partial charge in [-0.1, -0.05) is 30.3 Å². The van der Waals surface area contributed by atoms with Gasteiger partial charge in [-0.25, -0.2) is 0 Å². The summed E-state index contributed by atoms with van der Waals surface area (Å²) < 4.78 is 10.2. The molecule has 1 saturated heterocycles. The maximum Gasteiger partial charge on any atom is 0.315 e.